The predicted octanol–water partition coefficient (Wildman–Crippen LogP) is 1.77. The summed E-state index contributed by atoms with van der Waals surface area (Å²) in [5.74, 6) is 0.788. The zero-order chi connectivity index (χ0) is 9.26. The summed E-state index contributed by atoms with van der Waals surface area (Å²) in [6, 6.07) is 1.11. The van der Waals surface area contributed by atoms with Crippen LogP contribution in [0.5, 0.6) is 0 Å². The molecule has 0 amide bonds. The van der Waals surface area contributed by atoms with Gasteiger partial charge in [-0.1, -0.05) is 6.58 Å². The lowest BCUT2D eigenvalue weighted by atomic mass is 9.91. The molecular weight excluding hydrogens is 160 g/mol. The molecule has 0 unspecified atom stereocenters. The van der Waals surface area contributed by atoms with E-state index >= 15 is 0 Å². The van der Waals surface area contributed by atoms with Crippen LogP contribution in [0.1, 0.15) is 38.5 Å². The summed E-state index contributed by atoms with van der Waals surface area (Å²) in [6.45, 7) is 4.09. The average Bonchev–Trinajstić information content (AvgIpc) is 2.91. The van der Waals surface area contributed by atoms with Crippen LogP contribution in [-0.2, 0) is 0 Å². The van der Waals surface area contributed by atoms with Gasteiger partial charge in [-0.25, -0.2) is 0 Å². The topological polar surface area (TPSA) is 38.0 Å². The van der Waals surface area contributed by atoms with Gasteiger partial charge in [-0.3, -0.25) is 0 Å². The van der Waals surface area contributed by atoms with Gasteiger partial charge >= 0.3 is 0 Å². The summed E-state index contributed by atoms with van der Waals surface area (Å²) >= 11 is 0. The van der Waals surface area contributed by atoms with Gasteiger partial charge in [-0.2, -0.15) is 0 Å². The quantitative estimate of drug-likeness (QED) is 0.694. The molecule has 74 valence electrons. The van der Waals surface area contributed by atoms with Gasteiger partial charge in [-0.15, -0.1) is 0 Å². The van der Waals surface area contributed by atoms with Gasteiger partial charge in [0.1, 0.15) is 0 Å². The van der Waals surface area contributed by atoms with Crippen molar-refractivity contribution in [3.63, 3.8) is 0 Å². The predicted molar refractivity (Wildman–Crippen MR) is 55.2 cm³/mol. The number of rotatable bonds is 3. The SMILES string of the molecule is C=C(NC1CCC(N)CC1)C1CC1. The molecule has 2 nitrogen and oxygen atoms in total. The minimum Gasteiger partial charge on any atom is -0.386 e. The Kier molecular flexibility index (Phi) is 2.58. The summed E-state index contributed by atoms with van der Waals surface area (Å²) in [4.78, 5) is 0. The van der Waals surface area contributed by atoms with Crippen molar-refractivity contribution < 1.29 is 0 Å². The van der Waals surface area contributed by atoms with Crippen LogP contribution in [0.25, 0.3) is 0 Å². The van der Waals surface area contributed by atoms with Gasteiger partial charge in [0, 0.05) is 17.8 Å². The molecule has 13 heavy (non-hydrogen) atoms. The van der Waals surface area contributed by atoms with Gasteiger partial charge < -0.3 is 11.1 Å². The number of hydrogen-bond donors (Lipinski definition) is 2. The zero-order valence-electron chi connectivity index (χ0n) is 8.26. The number of nitrogens with one attached hydrogen (secondary N) is 1. The summed E-state index contributed by atoms with van der Waals surface area (Å²) in [5.41, 5.74) is 7.13. The van der Waals surface area contributed by atoms with Crippen LogP contribution in [0.15, 0.2) is 12.3 Å². The first kappa shape index (κ1) is 9.07. The highest BCUT2D eigenvalue weighted by molar-refractivity contribution is 5.06. The Morgan fingerprint density at radius 2 is 1.69 bits per heavy atom. The van der Waals surface area contributed by atoms with Crippen molar-refractivity contribution in [2.45, 2.75) is 50.6 Å². The average molecular weight is 180 g/mol. The molecule has 0 radical (unpaired) electrons. The lowest BCUT2D eigenvalue weighted by Crippen LogP contribution is -2.37. The number of nitrogens with two attached hydrogens (primary N) is 1. The lowest BCUT2D eigenvalue weighted by Gasteiger charge is -2.28. The molecule has 0 saturated heterocycles. The third-order valence-corrected chi connectivity index (χ3v) is 3.23. The largest absolute Gasteiger partial charge is 0.386 e. The minimum absolute atomic E-state index is 0.451. The van der Waals surface area contributed by atoms with Gasteiger partial charge in [-0.05, 0) is 44.4 Å². The van der Waals surface area contributed by atoms with E-state index in [1.807, 2.05) is 0 Å². The molecule has 0 spiro atoms. The van der Waals surface area contributed by atoms with E-state index in [0.29, 0.717) is 12.1 Å². The smallest absolute Gasteiger partial charge is 0.0259 e. The van der Waals surface area contributed by atoms with Crippen molar-refractivity contribution >= 4 is 0 Å². The molecule has 0 aromatic heterocycles. The molecule has 3 N–H and O–H groups in total. The molecule has 2 aliphatic carbocycles. The zero-order valence-corrected chi connectivity index (χ0v) is 8.26. The normalized spacial score (nSPS) is 34.2. The first-order valence-electron chi connectivity index (χ1n) is 5.46. The Bertz CT molecular complexity index is 188. The number of allylic oxidation sites excluding steroid dienone is 1. The van der Waals surface area contributed by atoms with Crippen molar-refractivity contribution in [3.8, 4) is 0 Å². The first-order chi connectivity index (χ1) is 6.25. The van der Waals surface area contributed by atoms with E-state index in [9.17, 15) is 0 Å². The lowest BCUT2D eigenvalue weighted by molar-refractivity contribution is 0.357. The van der Waals surface area contributed by atoms with E-state index in [1.165, 1.54) is 44.2 Å². The van der Waals surface area contributed by atoms with Crippen LogP contribution in [0.3, 0.4) is 0 Å². The Balaban J connectivity index is 1.72. The second-order valence-corrected chi connectivity index (χ2v) is 4.56. The molecule has 0 atom stereocenters. The second-order valence-electron chi connectivity index (χ2n) is 4.56. The molecule has 2 saturated carbocycles. The number of hydrogen-bond acceptors (Lipinski definition) is 2. The Morgan fingerprint density at radius 3 is 2.23 bits per heavy atom. The van der Waals surface area contributed by atoms with Crippen LogP contribution < -0.4 is 11.1 Å². The molecule has 2 aliphatic rings. The monoisotopic (exact) mass is 180 g/mol. The molecule has 0 heterocycles. The van der Waals surface area contributed by atoms with E-state index in [1.54, 1.807) is 0 Å². The summed E-state index contributed by atoms with van der Waals surface area (Å²) < 4.78 is 0. The van der Waals surface area contributed by atoms with Crippen molar-refractivity contribution in [2.24, 2.45) is 11.7 Å². The fourth-order valence-corrected chi connectivity index (χ4v) is 2.08. The summed E-state index contributed by atoms with van der Waals surface area (Å²) in [5, 5.41) is 3.55. The van der Waals surface area contributed by atoms with Gasteiger partial charge in [0.2, 0.25) is 0 Å². The third kappa shape index (κ3) is 2.47. The maximum atomic E-state index is 5.85. The fraction of sp³-hybridized carbons (Fsp3) is 0.818. The van der Waals surface area contributed by atoms with Crippen molar-refractivity contribution in [2.75, 3.05) is 0 Å². The van der Waals surface area contributed by atoms with E-state index in [4.69, 9.17) is 5.73 Å². The van der Waals surface area contributed by atoms with Crippen LogP contribution in [-0.4, -0.2) is 12.1 Å². The maximum absolute atomic E-state index is 5.85. The van der Waals surface area contributed by atoms with E-state index in [0.717, 1.165) is 5.92 Å². The molecule has 0 aliphatic heterocycles. The minimum atomic E-state index is 0.451. The van der Waals surface area contributed by atoms with Crippen LogP contribution in [0, 0.1) is 5.92 Å². The maximum Gasteiger partial charge on any atom is 0.0259 e. The Labute approximate surface area is 80.6 Å². The van der Waals surface area contributed by atoms with Gasteiger partial charge in [0.25, 0.3) is 0 Å². The third-order valence-electron chi connectivity index (χ3n) is 3.23. The summed E-state index contributed by atoms with van der Waals surface area (Å²) in [7, 11) is 0. The highest BCUT2D eigenvalue weighted by Crippen LogP contribution is 2.34. The molecule has 0 bridgehead atoms. The molecule has 2 fully saturated rings. The molecule has 0 aromatic rings. The highest BCUT2D eigenvalue weighted by Gasteiger charge is 2.27. The van der Waals surface area contributed by atoms with Gasteiger partial charge in [0.15, 0.2) is 0 Å². The highest BCUT2D eigenvalue weighted by atomic mass is 14.9. The molecule has 0 aromatic carbocycles. The fourth-order valence-electron chi connectivity index (χ4n) is 2.08. The molecule has 2 heteroatoms. The van der Waals surface area contributed by atoms with Crippen molar-refractivity contribution in [1.82, 2.24) is 5.32 Å². The van der Waals surface area contributed by atoms with E-state index in [-0.39, 0.29) is 0 Å². The van der Waals surface area contributed by atoms with E-state index < -0.39 is 0 Å². The molecular formula is C11H20N2. The van der Waals surface area contributed by atoms with Crippen molar-refractivity contribution in [1.29, 1.82) is 0 Å². The van der Waals surface area contributed by atoms with Gasteiger partial charge in [0.05, 0.1) is 0 Å². The molecule has 2 rings (SSSR count). The van der Waals surface area contributed by atoms with Crippen LogP contribution >= 0.6 is 0 Å². The first-order valence-corrected chi connectivity index (χ1v) is 5.46. The van der Waals surface area contributed by atoms with E-state index in [2.05, 4.69) is 11.9 Å². The van der Waals surface area contributed by atoms with Crippen LogP contribution in [0.4, 0.5) is 0 Å². The Morgan fingerprint density at radius 1 is 1.08 bits per heavy atom. The van der Waals surface area contributed by atoms with Crippen molar-refractivity contribution in [3.05, 3.63) is 12.3 Å². The van der Waals surface area contributed by atoms with Crippen LogP contribution in [0.2, 0.25) is 0 Å². The second kappa shape index (κ2) is 3.70. The summed E-state index contributed by atoms with van der Waals surface area (Å²) in [6.07, 6.45) is 7.50. The Hall–Kier alpha value is -0.500. The standard InChI is InChI=1S/C11H20N2/c1-8(9-2-3-9)13-11-6-4-10(12)5-7-11/h9-11,13H,1-7,12H2.